The van der Waals surface area contributed by atoms with Gasteiger partial charge in [-0.3, -0.25) is 23.5 Å². The molecule has 0 fully saturated rings. The fraction of sp³-hybridized carbons (Fsp3) is 0.530. The van der Waals surface area contributed by atoms with Crippen molar-refractivity contribution in [2.24, 2.45) is 0 Å². The zero-order chi connectivity index (χ0) is 67.9. The van der Waals surface area contributed by atoms with Crippen LogP contribution in [0.15, 0.2) is 116 Å². The minimum atomic E-state index is -4.16. The van der Waals surface area contributed by atoms with E-state index >= 15 is 4.57 Å². The summed E-state index contributed by atoms with van der Waals surface area (Å²) in [4.78, 5) is 81.3. The molecule has 0 bridgehead atoms. The van der Waals surface area contributed by atoms with Crippen LogP contribution in [0.2, 0.25) is 0 Å². The molecule has 3 aromatic carbocycles. The van der Waals surface area contributed by atoms with Crippen molar-refractivity contribution in [3.63, 3.8) is 0 Å². The summed E-state index contributed by atoms with van der Waals surface area (Å²) < 4.78 is 58.2. The first-order valence-electron chi connectivity index (χ1n) is 31.9. The van der Waals surface area contributed by atoms with Gasteiger partial charge in [-0.2, -0.15) is 0 Å². The number of nitrogens with zero attached hydrogens (tertiary/aromatic N) is 8. The number of nitrogen functional groups attached to an aromatic ring is 2. The van der Waals surface area contributed by atoms with E-state index in [1.165, 1.54) is 31.8 Å². The highest BCUT2D eigenvalue weighted by molar-refractivity contribution is 7.59. The zero-order valence-electron chi connectivity index (χ0n) is 55.9. The van der Waals surface area contributed by atoms with Crippen LogP contribution in [0, 0.1) is 0 Å². The Balaban J connectivity index is 0.000000389. The Bertz CT molecular complexity index is 3380. The quantitative estimate of drug-likeness (QED) is 0.00621. The summed E-state index contributed by atoms with van der Waals surface area (Å²) in [6, 6.07) is 28.8. The van der Waals surface area contributed by atoms with Crippen molar-refractivity contribution in [1.82, 2.24) is 55.4 Å². The number of ether oxygens (including phenoxy) is 5. The summed E-state index contributed by atoms with van der Waals surface area (Å²) in [6.45, 7) is 16.6. The highest BCUT2D eigenvalue weighted by atomic mass is 35.5. The molecule has 0 unspecified atom stereocenters. The first-order valence-corrected chi connectivity index (χ1v) is 36.0. The molecule has 0 saturated carbocycles. The Morgan fingerprint density at radius 2 is 0.883 bits per heavy atom. The van der Waals surface area contributed by atoms with Gasteiger partial charge in [-0.25, -0.2) is 40.1 Å². The van der Waals surface area contributed by atoms with Crippen LogP contribution in [0.1, 0.15) is 149 Å². The highest BCUT2D eigenvalue weighted by Crippen LogP contribution is 2.44. The minimum absolute atomic E-state index is 0. The average Bonchev–Trinajstić information content (AvgIpc) is 0.819. The number of alkyl halides is 1. The molecule has 28 heteroatoms. The van der Waals surface area contributed by atoms with E-state index in [9.17, 15) is 18.9 Å². The van der Waals surface area contributed by atoms with Crippen LogP contribution in [-0.2, 0) is 79.6 Å². The second kappa shape index (κ2) is 39.9. The Kier molecular flexibility index (Phi) is 33.9. The summed E-state index contributed by atoms with van der Waals surface area (Å²) in [6.07, 6.45) is 16.6. The molecule has 518 valence electrons. The third-order valence-electron chi connectivity index (χ3n) is 14.9. The van der Waals surface area contributed by atoms with Crippen molar-refractivity contribution in [1.29, 1.82) is 0 Å². The first-order chi connectivity index (χ1) is 44.3. The molecule has 0 aliphatic rings. The number of carbonyl (C=O) groups excluding carboxylic acids is 3. The molecule has 0 amide bonds. The van der Waals surface area contributed by atoms with Crippen LogP contribution >= 0.6 is 26.6 Å². The van der Waals surface area contributed by atoms with E-state index in [1.54, 1.807) is 43.2 Å². The van der Waals surface area contributed by atoms with E-state index in [0.29, 0.717) is 48.4 Å². The smallest absolute Gasteiger partial charge is 0.350 e. The lowest BCUT2D eigenvalue weighted by molar-refractivity contribution is -0.150. The lowest BCUT2D eigenvalue weighted by atomic mass is 9.94. The predicted molar refractivity (Wildman–Crippen MR) is 368 cm³/mol. The molecule has 0 saturated heterocycles. The van der Waals surface area contributed by atoms with Crippen LogP contribution in [-0.4, -0.2) is 127 Å². The van der Waals surface area contributed by atoms with Crippen molar-refractivity contribution in [2.45, 2.75) is 193 Å². The lowest BCUT2D eigenvalue weighted by Crippen LogP contribution is -2.57. The van der Waals surface area contributed by atoms with Crippen LogP contribution in [0.3, 0.4) is 0 Å². The van der Waals surface area contributed by atoms with E-state index in [2.05, 4.69) is 60.8 Å². The van der Waals surface area contributed by atoms with Gasteiger partial charge in [0.1, 0.15) is 52.3 Å². The molecule has 4 heterocycles. The molecule has 7 rings (SSSR count). The monoisotopic (exact) mass is 1360 g/mol. The molecule has 0 aliphatic heterocycles. The zero-order valence-corrected chi connectivity index (χ0v) is 58.4. The molecule has 0 radical (unpaired) electrons. The topological polar surface area (TPSA) is 370 Å². The summed E-state index contributed by atoms with van der Waals surface area (Å²) in [5.41, 5.74) is 13.5. The third-order valence-corrected chi connectivity index (χ3v) is 17.9. The van der Waals surface area contributed by atoms with E-state index in [1.807, 2.05) is 97.9 Å². The minimum Gasteiger partial charge on any atom is -0.464 e. The molecule has 94 heavy (non-hydrogen) atoms. The van der Waals surface area contributed by atoms with E-state index in [0.717, 1.165) is 80.9 Å². The number of rotatable bonds is 38. The second-order valence-electron chi connectivity index (χ2n) is 23.9. The molecule has 25 nitrogen and oxygen atoms in total. The number of imidazole rings is 2. The van der Waals surface area contributed by atoms with Gasteiger partial charge in [0, 0.05) is 19.3 Å². The maximum absolute atomic E-state index is 15.6. The number of fused-ring (bicyclic) bond motifs is 2. The Morgan fingerprint density at radius 1 is 0.532 bits per heavy atom. The number of unbranched alkanes of at least 4 members (excludes halogenated alkanes) is 9. The lowest BCUT2D eigenvalue weighted by Gasteiger charge is -2.38. The van der Waals surface area contributed by atoms with Crippen molar-refractivity contribution < 1.29 is 57.0 Å². The molecule has 0 spiro atoms. The number of benzene rings is 3. The number of hydrogen-bond donors (Lipinski definition) is 7. The molecule has 5 atom stereocenters. The Hall–Kier alpha value is -6.76. The maximum atomic E-state index is 15.6. The number of anilines is 2. The predicted octanol–water partition coefficient (Wildman–Crippen LogP) is 11.9. The van der Waals surface area contributed by atoms with E-state index in [4.69, 9.17) is 56.5 Å². The van der Waals surface area contributed by atoms with Crippen LogP contribution in [0.4, 0.5) is 11.6 Å². The number of carbonyl (C=O) groups is 3. The van der Waals surface area contributed by atoms with Crippen molar-refractivity contribution in [2.75, 3.05) is 44.0 Å². The van der Waals surface area contributed by atoms with Crippen molar-refractivity contribution >= 4 is 78.5 Å². The van der Waals surface area contributed by atoms with Gasteiger partial charge in [0.25, 0.3) is 0 Å². The van der Waals surface area contributed by atoms with Gasteiger partial charge in [0.2, 0.25) is 7.44 Å². The van der Waals surface area contributed by atoms with Crippen molar-refractivity contribution in [3.8, 4) is 0 Å². The van der Waals surface area contributed by atoms with Gasteiger partial charge in [-0.15, -0.1) is 11.6 Å². The Labute approximate surface area is 558 Å². The number of nitrogens with one attached hydrogen (secondary N) is 2. The standard InChI is InChI=1S/C41H60N7O6P.C16H23ClO2.C9H14N5O4P.H3N/c1-6-8-10-18-24-52-38(49)40(4,26-33-20-14-12-15-21-33)46-55(51,31-54-32(3)28-48-30-45-35-36(42)43-29-44-37(35)48)47-41(5,27-34-22-16-13-17-23-34)39(50)53-25-19-11-9-7-2;1-3-4-5-9-12-19-15(18)16(2,17)13-14-10-7-6-8-11-14;1-6(18-5-19(15,16)17)2-14-4-13-7-8(10)11-3-12-9(7)14;/h12-17,20-23,29-30,32H,6-11,18-19,24-28,31H2,1-5H3,(H2,42,43,44)(H2,46,47,51);6-8,10-11H,3-5,9,12-13H2,1-2H3;3-4,6H,2,5H2,1H3,(H2,10,11,12)(H2,15,16,17);1H3/t32-,40+,41+;16-;6-;/m101./s1. The van der Waals surface area contributed by atoms with Gasteiger partial charge >= 0.3 is 25.5 Å². The van der Waals surface area contributed by atoms with Gasteiger partial charge in [-0.1, -0.05) is 170 Å². The van der Waals surface area contributed by atoms with Gasteiger partial charge in [0.05, 0.1) is 57.8 Å². The molecular formula is C66H100ClN13O12P2. The fourth-order valence-electron chi connectivity index (χ4n) is 9.99. The number of hydrogen-bond acceptors (Lipinski definition) is 19. The first kappa shape index (κ1) is 79.7. The number of aromatic nitrogens is 8. The van der Waals surface area contributed by atoms with E-state index < -0.39 is 61.5 Å². The largest absolute Gasteiger partial charge is 0.464 e. The summed E-state index contributed by atoms with van der Waals surface area (Å²) >= 11 is 6.29. The maximum Gasteiger partial charge on any atom is 0.350 e. The average molecular weight is 1370 g/mol. The molecule has 11 N–H and O–H groups in total. The Morgan fingerprint density at radius 3 is 1.24 bits per heavy atom. The SMILES string of the molecule is CCCCCCOC(=O)[C@@](C)(Cl)Cc1ccccc1.CCCCCCOC(=O)[C@](C)(Cc1ccccc1)NP(=O)(CO[C@H](C)Cn1cnc2c(N)ncnc21)N[C@@](C)(Cc1ccccc1)C(=O)OCCCCCC.C[C@H](Cn1cnc2c(N)ncnc21)OCP(=O)(O)O.N. The van der Waals surface area contributed by atoms with Gasteiger partial charge < -0.3 is 60.2 Å². The van der Waals surface area contributed by atoms with Crippen LogP contribution in [0.25, 0.3) is 22.3 Å². The van der Waals surface area contributed by atoms with Gasteiger partial charge in [-0.05, 0) is 70.6 Å². The molecule has 7 aromatic rings. The van der Waals surface area contributed by atoms with Crippen LogP contribution in [0.5, 0.6) is 0 Å². The van der Waals surface area contributed by atoms with Crippen molar-refractivity contribution in [3.05, 3.63) is 133 Å². The normalized spacial score (nSPS) is 14.1. The second-order valence-corrected chi connectivity index (χ2v) is 28.5. The summed E-state index contributed by atoms with van der Waals surface area (Å²) in [5, 5.41) is 6.44. The number of halogens is 1. The highest BCUT2D eigenvalue weighted by Gasteiger charge is 2.47. The molecular weight excluding hydrogens is 1260 g/mol. The summed E-state index contributed by atoms with van der Waals surface area (Å²) in [7, 11) is -8.20. The molecule has 4 aromatic heterocycles. The van der Waals surface area contributed by atoms with Crippen LogP contribution < -0.4 is 27.8 Å². The number of nitrogens with two attached hydrogens (primary N) is 2. The third kappa shape index (κ3) is 27.2. The molecule has 0 aliphatic carbocycles. The fourth-order valence-corrected chi connectivity index (χ4v) is 13.2. The number of esters is 3. The summed E-state index contributed by atoms with van der Waals surface area (Å²) in [5.74, 6) is -0.871. The van der Waals surface area contributed by atoms with Gasteiger partial charge in [0.15, 0.2) is 22.9 Å². The van der Waals surface area contributed by atoms with E-state index in [-0.39, 0.29) is 56.2 Å².